The van der Waals surface area contributed by atoms with Crippen molar-refractivity contribution in [2.24, 2.45) is 0 Å². The van der Waals surface area contributed by atoms with Gasteiger partial charge in [-0.05, 0) is 30.5 Å². The number of ether oxygens (including phenoxy) is 2. The predicted molar refractivity (Wildman–Crippen MR) is 70.4 cm³/mol. The molecule has 18 heavy (non-hydrogen) atoms. The minimum absolute atomic E-state index is 0.0368. The van der Waals surface area contributed by atoms with E-state index in [1.807, 2.05) is 24.4 Å². The fourth-order valence-electron chi connectivity index (χ4n) is 2.24. The van der Waals surface area contributed by atoms with Crippen molar-refractivity contribution in [3.05, 3.63) is 42.1 Å². The van der Waals surface area contributed by atoms with Crippen LogP contribution in [0.15, 0.2) is 36.5 Å². The van der Waals surface area contributed by atoms with Crippen LogP contribution < -0.4 is 0 Å². The van der Waals surface area contributed by atoms with Crippen molar-refractivity contribution in [1.29, 1.82) is 0 Å². The van der Waals surface area contributed by atoms with Crippen LogP contribution in [0.1, 0.15) is 18.4 Å². The molecule has 1 saturated heterocycles. The number of pyridine rings is 1. The lowest BCUT2D eigenvalue weighted by molar-refractivity contribution is -0.180. The Morgan fingerprint density at radius 3 is 2.89 bits per heavy atom. The van der Waals surface area contributed by atoms with E-state index >= 15 is 0 Å². The van der Waals surface area contributed by atoms with E-state index in [2.05, 4.69) is 17.1 Å². The zero-order valence-corrected chi connectivity index (χ0v) is 10.3. The molecule has 0 amide bonds. The van der Waals surface area contributed by atoms with Crippen molar-refractivity contribution in [3.8, 4) is 0 Å². The fraction of sp³-hybridized carbons (Fsp3) is 0.400. The molecule has 0 unspecified atom stereocenters. The monoisotopic (exact) mass is 243 g/mol. The van der Waals surface area contributed by atoms with E-state index in [4.69, 9.17) is 9.47 Å². The smallest absolute Gasteiger partial charge is 0.157 e. The average Bonchev–Trinajstić information content (AvgIpc) is 2.46. The molecule has 0 bridgehead atoms. The first kappa shape index (κ1) is 11.6. The lowest BCUT2D eigenvalue weighted by Crippen LogP contribution is -2.25. The minimum Gasteiger partial charge on any atom is -0.353 e. The summed E-state index contributed by atoms with van der Waals surface area (Å²) in [5.41, 5.74) is 2.29. The predicted octanol–water partition coefficient (Wildman–Crippen LogP) is 2.93. The van der Waals surface area contributed by atoms with Crippen LogP contribution in [0.5, 0.6) is 0 Å². The van der Waals surface area contributed by atoms with Crippen LogP contribution in [-0.2, 0) is 15.9 Å². The molecule has 1 fully saturated rings. The van der Waals surface area contributed by atoms with E-state index in [1.54, 1.807) is 0 Å². The van der Waals surface area contributed by atoms with Crippen LogP contribution in [-0.4, -0.2) is 24.5 Å². The standard InChI is InChI=1S/C15H17NO2/c1-2-5-14-13(4-1)10-12(11-16-14)6-7-15-17-8-3-9-18-15/h1-2,4-5,10-11,15H,3,6-9H2. The minimum atomic E-state index is -0.0368. The van der Waals surface area contributed by atoms with Crippen molar-refractivity contribution in [3.63, 3.8) is 0 Å². The number of para-hydroxylation sites is 1. The Morgan fingerprint density at radius 1 is 1.17 bits per heavy atom. The fourth-order valence-corrected chi connectivity index (χ4v) is 2.24. The number of hydrogen-bond acceptors (Lipinski definition) is 3. The first-order valence-corrected chi connectivity index (χ1v) is 6.49. The van der Waals surface area contributed by atoms with Crippen LogP contribution in [0.2, 0.25) is 0 Å². The second-order valence-corrected chi connectivity index (χ2v) is 4.60. The highest BCUT2D eigenvalue weighted by atomic mass is 16.7. The Hall–Kier alpha value is -1.45. The zero-order valence-electron chi connectivity index (χ0n) is 10.3. The van der Waals surface area contributed by atoms with Crippen LogP contribution >= 0.6 is 0 Å². The molecule has 0 N–H and O–H groups in total. The van der Waals surface area contributed by atoms with Crippen LogP contribution in [0.4, 0.5) is 0 Å². The van der Waals surface area contributed by atoms with Crippen LogP contribution in [0.25, 0.3) is 10.9 Å². The second-order valence-electron chi connectivity index (χ2n) is 4.60. The number of hydrogen-bond donors (Lipinski definition) is 0. The van der Waals surface area contributed by atoms with E-state index < -0.39 is 0 Å². The maximum atomic E-state index is 5.54. The third-order valence-electron chi connectivity index (χ3n) is 3.21. The van der Waals surface area contributed by atoms with E-state index in [-0.39, 0.29) is 6.29 Å². The van der Waals surface area contributed by atoms with Crippen molar-refractivity contribution in [2.45, 2.75) is 25.6 Å². The quantitative estimate of drug-likeness (QED) is 0.830. The van der Waals surface area contributed by atoms with Gasteiger partial charge in [0, 0.05) is 18.0 Å². The first-order valence-electron chi connectivity index (χ1n) is 6.49. The number of aryl methyl sites for hydroxylation is 1. The molecule has 94 valence electrons. The van der Waals surface area contributed by atoms with Gasteiger partial charge in [0.2, 0.25) is 0 Å². The Kier molecular flexibility index (Phi) is 3.53. The molecule has 0 radical (unpaired) electrons. The van der Waals surface area contributed by atoms with E-state index in [1.165, 1.54) is 10.9 Å². The molecule has 2 aromatic rings. The maximum Gasteiger partial charge on any atom is 0.157 e. The van der Waals surface area contributed by atoms with Crippen LogP contribution in [0.3, 0.4) is 0 Å². The zero-order chi connectivity index (χ0) is 12.2. The van der Waals surface area contributed by atoms with Crippen LogP contribution in [0, 0.1) is 0 Å². The third-order valence-corrected chi connectivity index (χ3v) is 3.21. The molecule has 3 nitrogen and oxygen atoms in total. The van der Waals surface area contributed by atoms with Gasteiger partial charge >= 0.3 is 0 Å². The van der Waals surface area contributed by atoms with Crippen molar-refractivity contribution in [2.75, 3.05) is 13.2 Å². The SMILES string of the molecule is c1ccc2ncc(CCC3OCCCO3)cc2c1. The highest BCUT2D eigenvalue weighted by Gasteiger charge is 2.13. The number of rotatable bonds is 3. The van der Waals surface area contributed by atoms with E-state index in [0.717, 1.165) is 38.0 Å². The topological polar surface area (TPSA) is 31.4 Å². The molecule has 1 aliphatic rings. The van der Waals surface area contributed by atoms with Gasteiger partial charge in [-0.3, -0.25) is 4.98 Å². The summed E-state index contributed by atoms with van der Waals surface area (Å²) in [4.78, 5) is 4.46. The molecule has 1 aromatic heterocycles. The molecule has 3 rings (SSSR count). The molecule has 3 heteroatoms. The highest BCUT2D eigenvalue weighted by Crippen LogP contribution is 2.16. The van der Waals surface area contributed by atoms with Crippen molar-refractivity contribution < 1.29 is 9.47 Å². The molecule has 1 aliphatic heterocycles. The summed E-state index contributed by atoms with van der Waals surface area (Å²) in [7, 11) is 0. The van der Waals surface area contributed by atoms with Gasteiger partial charge in [-0.1, -0.05) is 18.2 Å². The summed E-state index contributed by atoms with van der Waals surface area (Å²) in [5.74, 6) is 0. The number of aromatic nitrogens is 1. The normalized spacial score (nSPS) is 17.1. The van der Waals surface area contributed by atoms with Gasteiger partial charge in [0.1, 0.15) is 0 Å². The van der Waals surface area contributed by atoms with Gasteiger partial charge in [-0.2, -0.15) is 0 Å². The molecular weight excluding hydrogens is 226 g/mol. The van der Waals surface area contributed by atoms with Gasteiger partial charge < -0.3 is 9.47 Å². The summed E-state index contributed by atoms with van der Waals surface area (Å²) in [6.07, 6.45) is 4.77. The number of benzene rings is 1. The van der Waals surface area contributed by atoms with Crippen molar-refractivity contribution >= 4 is 10.9 Å². The number of nitrogens with zero attached hydrogens (tertiary/aromatic N) is 1. The molecule has 0 atom stereocenters. The van der Waals surface area contributed by atoms with Gasteiger partial charge in [-0.25, -0.2) is 0 Å². The Balaban J connectivity index is 1.66. The highest BCUT2D eigenvalue weighted by molar-refractivity contribution is 5.78. The lowest BCUT2D eigenvalue weighted by atomic mass is 10.1. The molecular formula is C15H17NO2. The van der Waals surface area contributed by atoms with Gasteiger partial charge in [0.05, 0.1) is 18.7 Å². The Morgan fingerprint density at radius 2 is 2.00 bits per heavy atom. The summed E-state index contributed by atoms with van der Waals surface area (Å²) in [6.45, 7) is 1.64. The van der Waals surface area contributed by atoms with E-state index in [0.29, 0.717) is 0 Å². The first-order chi connectivity index (χ1) is 8.92. The Labute approximate surface area is 107 Å². The molecule has 2 heterocycles. The maximum absolute atomic E-state index is 5.54. The van der Waals surface area contributed by atoms with Gasteiger partial charge in [-0.15, -0.1) is 0 Å². The second kappa shape index (κ2) is 5.46. The molecule has 1 aromatic carbocycles. The summed E-state index contributed by atoms with van der Waals surface area (Å²) in [6, 6.07) is 10.4. The summed E-state index contributed by atoms with van der Waals surface area (Å²) < 4.78 is 11.1. The van der Waals surface area contributed by atoms with Crippen molar-refractivity contribution in [1.82, 2.24) is 4.98 Å². The molecule has 0 saturated carbocycles. The molecule has 0 aliphatic carbocycles. The number of fused-ring (bicyclic) bond motifs is 1. The largest absolute Gasteiger partial charge is 0.353 e. The van der Waals surface area contributed by atoms with E-state index in [9.17, 15) is 0 Å². The third kappa shape index (κ3) is 2.68. The summed E-state index contributed by atoms with van der Waals surface area (Å²) in [5, 5.41) is 1.19. The lowest BCUT2D eigenvalue weighted by Gasteiger charge is -2.23. The summed E-state index contributed by atoms with van der Waals surface area (Å²) >= 11 is 0. The van der Waals surface area contributed by atoms with Gasteiger partial charge in [0.15, 0.2) is 6.29 Å². The average molecular weight is 243 g/mol. The molecule has 0 spiro atoms. The Bertz CT molecular complexity index is 521. The van der Waals surface area contributed by atoms with Gasteiger partial charge in [0.25, 0.3) is 0 Å².